The van der Waals surface area contributed by atoms with Crippen LogP contribution < -0.4 is 15.6 Å². The minimum atomic E-state index is -0.857. The standard InChI is InChI=1S/C17H16BrFN2O3/c1-10-7-8-15(13(18)9-10)24-11(2)16(22)20-21-17(23)12-5-3-4-6-14(12)19/h3-9,11H,1-2H3,(H,20,22)(H,21,23)/t11-/m0/s1. The molecule has 1 atom stereocenters. The number of carbonyl (C=O) groups excluding carboxylic acids is 2. The summed E-state index contributed by atoms with van der Waals surface area (Å²) < 4.78 is 19.7. The number of nitrogens with one attached hydrogen (secondary N) is 2. The van der Waals surface area contributed by atoms with Crippen LogP contribution in [-0.2, 0) is 4.79 Å². The average Bonchev–Trinajstić information content (AvgIpc) is 2.55. The van der Waals surface area contributed by atoms with E-state index < -0.39 is 23.7 Å². The van der Waals surface area contributed by atoms with E-state index in [-0.39, 0.29) is 5.56 Å². The number of benzene rings is 2. The van der Waals surface area contributed by atoms with Crippen molar-refractivity contribution < 1.29 is 18.7 Å². The van der Waals surface area contributed by atoms with Gasteiger partial charge in [0.15, 0.2) is 6.10 Å². The minimum Gasteiger partial charge on any atom is -0.480 e. The van der Waals surface area contributed by atoms with Crippen LogP contribution in [0.5, 0.6) is 5.75 Å². The van der Waals surface area contributed by atoms with Crippen molar-refractivity contribution in [3.05, 3.63) is 63.9 Å². The van der Waals surface area contributed by atoms with Crippen molar-refractivity contribution in [2.75, 3.05) is 0 Å². The summed E-state index contributed by atoms with van der Waals surface area (Å²) in [5.41, 5.74) is 5.26. The van der Waals surface area contributed by atoms with Crippen LogP contribution in [0.3, 0.4) is 0 Å². The molecular formula is C17H16BrFN2O3. The van der Waals surface area contributed by atoms with Crippen LogP contribution in [-0.4, -0.2) is 17.9 Å². The summed E-state index contributed by atoms with van der Waals surface area (Å²) in [5, 5.41) is 0. The Hall–Kier alpha value is -2.41. The fourth-order valence-corrected chi connectivity index (χ4v) is 2.46. The van der Waals surface area contributed by atoms with Crippen LogP contribution in [0.15, 0.2) is 46.9 Å². The van der Waals surface area contributed by atoms with Crippen molar-refractivity contribution >= 4 is 27.7 Å². The van der Waals surface area contributed by atoms with Gasteiger partial charge in [-0.1, -0.05) is 18.2 Å². The van der Waals surface area contributed by atoms with Crippen molar-refractivity contribution in [1.82, 2.24) is 10.9 Å². The summed E-state index contributed by atoms with van der Waals surface area (Å²) in [7, 11) is 0. The van der Waals surface area contributed by atoms with E-state index in [4.69, 9.17) is 4.74 Å². The molecule has 0 saturated heterocycles. The van der Waals surface area contributed by atoms with Crippen molar-refractivity contribution in [3.8, 4) is 5.75 Å². The van der Waals surface area contributed by atoms with Crippen LogP contribution >= 0.6 is 15.9 Å². The Morgan fingerprint density at radius 3 is 2.54 bits per heavy atom. The van der Waals surface area contributed by atoms with Gasteiger partial charge in [0.2, 0.25) is 0 Å². The van der Waals surface area contributed by atoms with Crippen LogP contribution in [0.25, 0.3) is 0 Å². The van der Waals surface area contributed by atoms with Crippen molar-refractivity contribution in [2.24, 2.45) is 0 Å². The Bertz CT molecular complexity index is 767. The number of amides is 2. The Balaban J connectivity index is 1.92. The first kappa shape index (κ1) is 17.9. The highest BCUT2D eigenvalue weighted by atomic mass is 79.9. The van der Waals surface area contributed by atoms with Gasteiger partial charge in [-0.15, -0.1) is 0 Å². The van der Waals surface area contributed by atoms with Crippen LogP contribution in [0.1, 0.15) is 22.8 Å². The van der Waals surface area contributed by atoms with E-state index in [9.17, 15) is 14.0 Å². The third kappa shape index (κ3) is 4.55. The molecule has 2 amide bonds. The lowest BCUT2D eigenvalue weighted by Crippen LogP contribution is -2.47. The summed E-state index contributed by atoms with van der Waals surface area (Å²) >= 11 is 3.36. The highest BCUT2D eigenvalue weighted by Gasteiger charge is 2.18. The number of aryl methyl sites for hydroxylation is 1. The molecule has 0 unspecified atom stereocenters. The van der Waals surface area contributed by atoms with Crippen LogP contribution in [0.2, 0.25) is 0 Å². The topological polar surface area (TPSA) is 67.4 Å². The maximum Gasteiger partial charge on any atom is 0.279 e. The van der Waals surface area contributed by atoms with Crippen LogP contribution in [0.4, 0.5) is 4.39 Å². The predicted molar refractivity (Wildman–Crippen MR) is 91.0 cm³/mol. The molecule has 0 radical (unpaired) electrons. The second-order valence-electron chi connectivity index (χ2n) is 5.12. The number of hydrogen-bond donors (Lipinski definition) is 2. The first-order valence-electron chi connectivity index (χ1n) is 7.16. The number of carbonyl (C=O) groups is 2. The van der Waals surface area contributed by atoms with E-state index in [1.807, 2.05) is 19.1 Å². The molecule has 2 rings (SSSR count). The van der Waals surface area contributed by atoms with Crippen molar-refractivity contribution in [3.63, 3.8) is 0 Å². The van der Waals surface area contributed by atoms with Gasteiger partial charge in [-0.05, 0) is 59.6 Å². The van der Waals surface area contributed by atoms with E-state index in [2.05, 4.69) is 26.8 Å². The number of rotatable bonds is 4. The average molecular weight is 395 g/mol. The Morgan fingerprint density at radius 2 is 1.88 bits per heavy atom. The van der Waals surface area contributed by atoms with Crippen molar-refractivity contribution in [2.45, 2.75) is 20.0 Å². The van der Waals surface area contributed by atoms with Gasteiger partial charge in [0.25, 0.3) is 11.8 Å². The van der Waals surface area contributed by atoms with Crippen molar-refractivity contribution in [1.29, 1.82) is 0 Å². The van der Waals surface area contributed by atoms with Gasteiger partial charge in [0, 0.05) is 0 Å². The van der Waals surface area contributed by atoms with Gasteiger partial charge in [-0.25, -0.2) is 4.39 Å². The summed E-state index contributed by atoms with van der Waals surface area (Å²) in [5.74, 6) is -1.47. The lowest BCUT2D eigenvalue weighted by Gasteiger charge is -2.16. The third-order valence-corrected chi connectivity index (χ3v) is 3.80. The highest BCUT2D eigenvalue weighted by Crippen LogP contribution is 2.26. The number of hydrazine groups is 1. The predicted octanol–water partition coefficient (Wildman–Crippen LogP) is 3.13. The molecule has 0 saturated carbocycles. The van der Waals surface area contributed by atoms with Gasteiger partial charge >= 0.3 is 0 Å². The fourth-order valence-electron chi connectivity index (χ4n) is 1.88. The molecule has 126 valence electrons. The lowest BCUT2D eigenvalue weighted by atomic mass is 10.2. The molecule has 0 spiro atoms. The molecule has 7 heteroatoms. The fraction of sp³-hybridized carbons (Fsp3) is 0.176. The normalized spacial score (nSPS) is 11.5. The van der Waals surface area contributed by atoms with Gasteiger partial charge < -0.3 is 4.74 Å². The Morgan fingerprint density at radius 1 is 1.17 bits per heavy atom. The summed E-state index contributed by atoms with van der Waals surface area (Å²) in [6.07, 6.45) is -0.857. The molecule has 2 N–H and O–H groups in total. The first-order chi connectivity index (χ1) is 11.4. The Kier molecular flexibility index (Phi) is 5.92. The number of hydrogen-bond acceptors (Lipinski definition) is 3. The zero-order valence-electron chi connectivity index (χ0n) is 13.1. The quantitative estimate of drug-likeness (QED) is 0.782. The molecule has 0 aliphatic rings. The molecule has 0 aromatic heterocycles. The molecule has 0 fully saturated rings. The van der Waals surface area contributed by atoms with E-state index in [1.54, 1.807) is 6.07 Å². The maximum absolute atomic E-state index is 13.5. The number of ether oxygens (including phenoxy) is 1. The van der Waals surface area contributed by atoms with Gasteiger partial charge in [-0.3, -0.25) is 20.4 Å². The van der Waals surface area contributed by atoms with E-state index >= 15 is 0 Å². The summed E-state index contributed by atoms with van der Waals surface area (Å²) in [6.45, 7) is 3.47. The lowest BCUT2D eigenvalue weighted by molar-refractivity contribution is -0.128. The zero-order chi connectivity index (χ0) is 17.7. The molecule has 2 aromatic rings. The molecule has 0 bridgehead atoms. The number of halogens is 2. The minimum absolute atomic E-state index is 0.160. The van der Waals surface area contributed by atoms with E-state index in [1.165, 1.54) is 25.1 Å². The largest absolute Gasteiger partial charge is 0.480 e. The second kappa shape index (κ2) is 7.92. The van der Waals surface area contributed by atoms with E-state index in [0.717, 1.165) is 16.1 Å². The second-order valence-corrected chi connectivity index (χ2v) is 5.97. The summed E-state index contributed by atoms with van der Waals surface area (Å²) in [4.78, 5) is 23.8. The molecule has 24 heavy (non-hydrogen) atoms. The summed E-state index contributed by atoms with van der Waals surface area (Å²) in [6, 6.07) is 10.9. The Labute approximate surface area is 147 Å². The van der Waals surface area contributed by atoms with Crippen LogP contribution in [0, 0.1) is 12.7 Å². The molecule has 0 heterocycles. The first-order valence-corrected chi connectivity index (χ1v) is 7.95. The molecule has 0 aliphatic carbocycles. The van der Waals surface area contributed by atoms with Gasteiger partial charge in [0.05, 0.1) is 10.0 Å². The molecular weight excluding hydrogens is 379 g/mol. The molecule has 5 nitrogen and oxygen atoms in total. The third-order valence-electron chi connectivity index (χ3n) is 3.18. The van der Waals surface area contributed by atoms with Gasteiger partial charge in [0.1, 0.15) is 11.6 Å². The van der Waals surface area contributed by atoms with E-state index in [0.29, 0.717) is 5.75 Å². The smallest absolute Gasteiger partial charge is 0.279 e. The monoisotopic (exact) mass is 394 g/mol. The van der Waals surface area contributed by atoms with Gasteiger partial charge in [-0.2, -0.15) is 0 Å². The zero-order valence-corrected chi connectivity index (χ0v) is 14.7. The maximum atomic E-state index is 13.5. The highest BCUT2D eigenvalue weighted by molar-refractivity contribution is 9.10. The SMILES string of the molecule is Cc1ccc(O[C@@H](C)C(=O)NNC(=O)c2ccccc2F)c(Br)c1. The molecule has 0 aliphatic heterocycles. The molecule has 2 aromatic carbocycles.